The van der Waals surface area contributed by atoms with E-state index in [1.54, 1.807) is 6.07 Å². The molecule has 8 heteroatoms. The molecule has 1 aliphatic rings. The van der Waals surface area contributed by atoms with Gasteiger partial charge in [-0.1, -0.05) is 35.5 Å². The molecule has 1 fully saturated rings. The number of sulfonamides is 1. The zero-order valence-electron chi connectivity index (χ0n) is 17.5. The molecule has 30 heavy (non-hydrogen) atoms. The van der Waals surface area contributed by atoms with E-state index in [-0.39, 0.29) is 10.5 Å². The van der Waals surface area contributed by atoms with Crippen LogP contribution in [0.4, 0.5) is 0 Å². The van der Waals surface area contributed by atoms with Crippen molar-refractivity contribution in [3.05, 3.63) is 59.3 Å². The van der Waals surface area contributed by atoms with E-state index in [2.05, 4.69) is 34.0 Å². The van der Waals surface area contributed by atoms with Gasteiger partial charge in [0.2, 0.25) is 10.9 Å². The molecule has 0 aliphatic carbocycles. The van der Waals surface area contributed by atoms with Crippen LogP contribution >= 0.6 is 0 Å². The molecule has 0 unspecified atom stereocenters. The Bertz CT molecular complexity index is 1110. The minimum atomic E-state index is -3.80. The highest BCUT2D eigenvalue weighted by Gasteiger charge is 2.37. The fourth-order valence-corrected chi connectivity index (χ4v) is 5.00. The van der Waals surface area contributed by atoms with Crippen LogP contribution < -0.4 is 4.72 Å². The molecule has 0 spiro atoms. The van der Waals surface area contributed by atoms with E-state index in [1.807, 2.05) is 32.0 Å². The summed E-state index contributed by atoms with van der Waals surface area (Å²) in [6.07, 6.45) is 1.77. The van der Waals surface area contributed by atoms with Crippen LogP contribution in [-0.4, -0.2) is 45.2 Å². The van der Waals surface area contributed by atoms with E-state index in [0.717, 1.165) is 42.8 Å². The van der Waals surface area contributed by atoms with Crippen molar-refractivity contribution in [2.75, 3.05) is 26.7 Å². The zero-order chi connectivity index (χ0) is 21.4. The molecule has 1 aromatic carbocycles. The van der Waals surface area contributed by atoms with Crippen LogP contribution in [0.25, 0.3) is 11.5 Å². The number of hydrogen-bond acceptors (Lipinski definition) is 6. The monoisotopic (exact) mass is 429 g/mol. The molecule has 7 nitrogen and oxygen atoms in total. The molecule has 3 heterocycles. The average molecular weight is 430 g/mol. The standard InChI is InChI=1S/C22H27N3O4S/c1-16-17(2)24-29-21(16)19-9-10-20(28-19)30(26,27)23-15-22(11-13-25(3)14-12-22)18-7-5-4-6-8-18/h4-10,23H,11-15H2,1-3H3. The summed E-state index contributed by atoms with van der Waals surface area (Å²) in [5, 5.41) is 3.78. The van der Waals surface area contributed by atoms with Crippen molar-refractivity contribution in [1.29, 1.82) is 0 Å². The molecule has 1 aliphatic heterocycles. The highest BCUT2D eigenvalue weighted by Crippen LogP contribution is 2.35. The van der Waals surface area contributed by atoms with Crippen LogP contribution in [0.1, 0.15) is 29.7 Å². The van der Waals surface area contributed by atoms with Crippen molar-refractivity contribution < 1.29 is 17.4 Å². The van der Waals surface area contributed by atoms with Gasteiger partial charge in [0, 0.05) is 17.5 Å². The number of aryl methyl sites for hydroxylation is 1. The van der Waals surface area contributed by atoms with Crippen LogP contribution in [-0.2, 0) is 15.4 Å². The Hall–Kier alpha value is -2.42. The first-order chi connectivity index (χ1) is 14.3. The van der Waals surface area contributed by atoms with Crippen LogP contribution in [0, 0.1) is 13.8 Å². The lowest BCUT2D eigenvalue weighted by atomic mass is 9.73. The van der Waals surface area contributed by atoms with E-state index in [1.165, 1.54) is 6.07 Å². The lowest BCUT2D eigenvalue weighted by molar-refractivity contribution is 0.188. The summed E-state index contributed by atoms with van der Waals surface area (Å²) >= 11 is 0. The maximum absolute atomic E-state index is 13.0. The fourth-order valence-electron chi connectivity index (χ4n) is 3.94. The number of benzene rings is 1. The van der Waals surface area contributed by atoms with Crippen molar-refractivity contribution in [3.63, 3.8) is 0 Å². The smallest absolute Gasteiger partial charge is 0.274 e. The molecule has 0 atom stereocenters. The fraction of sp³-hybridized carbons (Fsp3) is 0.409. The first-order valence-electron chi connectivity index (χ1n) is 10.1. The predicted octanol–water partition coefficient (Wildman–Crippen LogP) is 3.49. The second kappa shape index (κ2) is 8.02. The summed E-state index contributed by atoms with van der Waals surface area (Å²) in [5.74, 6) is 0.801. The number of hydrogen-bond donors (Lipinski definition) is 1. The van der Waals surface area contributed by atoms with Gasteiger partial charge in [0.05, 0.1) is 5.69 Å². The largest absolute Gasteiger partial charge is 0.440 e. The third-order valence-corrected chi connectivity index (χ3v) is 7.43. The van der Waals surface area contributed by atoms with E-state index in [9.17, 15) is 8.42 Å². The minimum absolute atomic E-state index is 0.123. The van der Waals surface area contributed by atoms with E-state index < -0.39 is 10.0 Å². The van der Waals surface area contributed by atoms with Crippen molar-refractivity contribution in [2.24, 2.45) is 0 Å². The molecule has 0 radical (unpaired) electrons. The molecule has 2 aromatic heterocycles. The number of likely N-dealkylation sites (tertiary alicyclic amines) is 1. The first-order valence-corrected chi connectivity index (χ1v) is 11.6. The van der Waals surface area contributed by atoms with E-state index in [0.29, 0.717) is 18.1 Å². The van der Waals surface area contributed by atoms with Gasteiger partial charge in [0.15, 0.2) is 5.76 Å². The van der Waals surface area contributed by atoms with Crippen molar-refractivity contribution in [1.82, 2.24) is 14.8 Å². The number of furan rings is 1. The van der Waals surface area contributed by atoms with E-state index >= 15 is 0 Å². The summed E-state index contributed by atoms with van der Waals surface area (Å²) < 4.78 is 39.7. The van der Waals surface area contributed by atoms with Gasteiger partial charge in [0.1, 0.15) is 0 Å². The Morgan fingerprint density at radius 1 is 1.10 bits per heavy atom. The molecule has 1 saturated heterocycles. The van der Waals surface area contributed by atoms with Crippen LogP contribution in [0.2, 0.25) is 0 Å². The maximum atomic E-state index is 13.0. The Balaban J connectivity index is 1.56. The van der Waals surface area contributed by atoms with Crippen molar-refractivity contribution in [3.8, 4) is 11.5 Å². The van der Waals surface area contributed by atoms with Gasteiger partial charge in [-0.3, -0.25) is 0 Å². The molecule has 3 aromatic rings. The molecule has 4 rings (SSSR count). The predicted molar refractivity (Wildman–Crippen MR) is 114 cm³/mol. The van der Waals surface area contributed by atoms with E-state index in [4.69, 9.17) is 8.94 Å². The molecule has 1 N–H and O–H groups in total. The van der Waals surface area contributed by atoms with Gasteiger partial charge in [0.25, 0.3) is 10.0 Å². The summed E-state index contributed by atoms with van der Waals surface area (Å²) in [7, 11) is -1.71. The normalized spacial score (nSPS) is 17.3. The summed E-state index contributed by atoms with van der Waals surface area (Å²) in [4.78, 5) is 2.27. The number of rotatable bonds is 6. The Kier molecular flexibility index (Phi) is 5.57. The highest BCUT2D eigenvalue weighted by atomic mass is 32.2. The summed E-state index contributed by atoms with van der Waals surface area (Å²) in [5.41, 5.74) is 2.50. The lowest BCUT2D eigenvalue weighted by Crippen LogP contribution is -2.48. The summed E-state index contributed by atoms with van der Waals surface area (Å²) in [6, 6.07) is 13.2. The van der Waals surface area contributed by atoms with Gasteiger partial charge >= 0.3 is 0 Å². The molecule has 0 saturated carbocycles. The average Bonchev–Trinajstić information content (AvgIpc) is 3.37. The van der Waals surface area contributed by atoms with Crippen LogP contribution in [0.3, 0.4) is 0 Å². The van der Waals surface area contributed by atoms with Gasteiger partial charge in [-0.2, -0.15) is 0 Å². The third-order valence-electron chi connectivity index (χ3n) is 6.16. The molecule has 0 bridgehead atoms. The van der Waals surface area contributed by atoms with Crippen LogP contribution in [0.15, 0.2) is 56.5 Å². The SMILES string of the molecule is Cc1noc(-c2ccc(S(=O)(=O)NCC3(c4ccccc4)CCN(C)CC3)o2)c1C. The number of piperidine rings is 1. The molecule has 0 amide bonds. The lowest BCUT2D eigenvalue weighted by Gasteiger charge is -2.41. The Labute approximate surface area is 177 Å². The van der Waals surface area contributed by atoms with Gasteiger partial charge in [-0.05, 0) is 64.5 Å². The van der Waals surface area contributed by atoms with Crippen LogP contribution in [0.5, 0.6) is 0 Å². The second-order valence-corrected chi connectivity index (χ2v) is 9.81. The molecular formula is C22H27N3O4S. The maximum Gasteiger partial charge on any atom is 0.274 e. The first kappa shape index (κ1) is 20.8. The molecule has 160 valence electrons. The van der Waals surface area contributed by atoms with Gasteiger partial charge in [-0.25, -0.2) is 13.1 Å². The zero-order valence-corrected chi connectivity index (χ0v) is 18.3. The Morgan fingerprint density at radius 2 is 1.80 bits per heavy atom. The number of aromatic nitrogens is 1. The highest BCUT2D eigenvalue weighted by molar-refractivity contribution is 7.89. The van der Waals surface area contributed by atoms with Gasteiger partial charge < -0.3 is 13.8 Å². The third kappa shape index (κ3) is 3.95. The molecular weight excluding hydrogens is 402 g/mol. The summed E-state index contributed by atoms with van der Waals surface area (Å²) in [6.45, 7) is 5.86. The minimum Gasteiger partial charge on any atom is -0.440 e. The quantitative estimate of drug-likeness (QED) is 0.645. The van der Waals surface area contributed by atoms with Crippen molar-refractivity contribution >= 4 is 10.0 Å². The second-order valence-electron chi connectivity index (χ2n) is 8.11. The topological polar surface area (TPSA) is 88.6 Å². The number of nitrogens with zero attached hydrogens (tertiary/aromatic N) is 2. The number of nitrogens with one attached hydrogen (secondary N) is 1. The Morgan fingerprint density at radius 3 is 2.43 bits per heavy atom. The van der Waals surface area contributed by atoms with Gasteiger partial charge in [-0.15, -0.1) is 0 Å². The van der Waals surface area contributed by atoms with Crippen molar-refractivity contribution in [2.45, 2.75) is 37.2 Å².